The lowest BCUT2D eigenvalue weighted by atomic mass is 10.0. The Labute approximate surface area is 157 Å². The molecule has 4 rings (SSSR count). The summed E-state index contributed by atoms with van der Waals surface area (Å²) in [7, 11) is 0. The number of rotatable bonds is 3. The molecule has 0 spiro atoms. The van der Waals surface area contributed by atoms with Gasteiger partial charge in [0, 0.05) is 11.3 Å². The summed E-state index contributed by atoms with van der Waals surface area (Å²) in [5.41, 5.74) is 3.43. The van der Waals surface area contributed by atoms with Crippen molar-refractivity contribution in [2.45, 2.75) is 13.1 Å². The molecule has 1 amide bonds. The first kappa shape index (κ1) is 16.8. The molecule has 0 saturated carbocycles. The van der Waals surface area contributed by atoms with Crippen LogP contribution < -0.4 is 5.32 Å². The van der Waals surface area contributed by atoms with E-state index in [4.69, 9.17) is 0 Å². The highest BCUT2D eigenvalue weighted by atomic mass is 16.3. The van der Waals surface area contributed by atoms with Gasteiger partial charge in [0.15, 0.2) is 6.17 Å². The smallest absolute Gasteiger partial charge is 0.278 e. The second kappa shape index (κ2) is 6.96. The summed E-state index contributed by atoms with van der Waals surface area (Å²) in [6, 6.07) is 24.1. The van der Waals surface area contributed by atoms with Crippen LogP contribution in [0.2, 0.25) is 0 Å². The molecular formula is C22H19N3O2. The summed E-state index contributed by atoms with van der Waals surface area (Å²) in [4.78, 5) is 13.2. The predicted molar refractivity (Wildman–Crippen MR) is 106 cm³/mol. The van der Waals surface area contributed by atoms with Gasteiger partial charge in [-0.2, -0.15) is 5.10 Å². The van der Waals surface area contributed by atoms with Gasteiger partial charge in [-0.3, -0.25) is 4.79 Å². The Morgan fingerprint density at radius 2 is 1.63 bits per heavy atom. The molecule has 0 saturated heterocycles. The molecule has 134 valence electrons. The fourth-order valence-electron chi connectivity index (χ4n) is 3.20. The van der Waals surface area contributed by atoms with Gasteiger partial charge in [-0.25, -0.2) is 5.01 Å². The van der Waals surface area contributed by atoms with Crippen LogP contribution in [0.1, 0.15) is 34.6 Å². The molecule has 0 aliphatic carbocycles. The Balaban J connectivity index is 1.81. The number of aromatic hydroxyl groups is 1. The molecule has 2 N–H and O–H groups in total. The average Bonchev–Trinajstić information content (AvgIpc) is 2.71. The SMILES string of the molecule is CC(=NN1C(=O)c2ccccc2NC1c1ccccc1)c1ccccc1O. The number of fused-ring (bicyclic) bond motifs is 1. The van der Waals surface area contributed by atoms with Crippen molar-refractivity contribution in [3.63, 3.8) is 0 Å². The Hall–Kier alpha value is -3.60. The average molecular weight is 357 g/mol. The molecule has 5 nitrogen and oxygen atoms in total. The van der Waals surface area contributed by atoms with Crippen molar-refractivity contribution in [1.29, 1.82) is 0 Å². The summed E-state index contributed by atoms with van der Waals surface area (Å²) < 4.78 is 0. The summed E-state index contributed by atoms with van der Waals surface area (Å²) in [6.45, 7) is 1.78. The third-order valence-corrected chi connectivity index (χ3v) is 4.57. The summed E-state index contributed by atoms with van der Waals surface area (Å²) >= 11 is 0. The second-order valence-electron chi connectivity index (χ2n) is 6.36. The number of hydrazone groups is 1. The van der Waals surface area contributed by atoms with E-state index in [1.807, 2.05) is 54.6 Å². The number of nitrogens with one attached hydrogen (secondary N) is 1. The van der Waals surface area contributed by atoms with Crippen LogP contribution in [0.5, 0.6) is 5.75 Å². The number of phenols is 1. The Morgan fingerprint density at radius 1 is 0.963 bits per heavy atom. The van der Waals surface area contributed by atoms with Gasteiger partial charge in [0.05, 0.1) is 11.3 Å². The molecule has 0 aromatic heterocycles. The lowest BCUT2D eigenvalue weighted by Gasteiger charge is -2.35. The maximum absolute atomic E-state index is 13.2. The Bertz CT molecular complexity index is 1010. The van der Waals surface area contributed by atoms with Crippen LogP contribution in [0, 0.1) is 0 Å². The number of amides is 1. The van der Waals surface area contributed by atoms with Crippen LogP contribution in [0.3, 0.4) is 0 Å². The van der Waals surface area contributed by atoms with E-state index in [1.165, 1.54) is 5.01 Å². The van der Waals surface area contributed by atoms with Crippen molar-refractivity contribution in [2.24, 2.45) is 5.10 Å². The molecule has 1 unspecified atom stereocenters. The third kappa shape index (κ3) is 3.15. The molecule has 3 aromatic rings. The molecule has 0 radical (unpaired) electrons. The summed E-state index contributed by atoms with van der Waals surface area (Å²) in [5.74, 6) is -0.0548. The highest BCUT2D eigenvalue weighted by Gasteiger charge is 2.33. The van der Waals surface area contributed by atoms with Crippen LogP contribution in [0.25, 0.3) is 0 Å². The molecule has 5 heteroatoms. The van der Waals surface area contributed by atoms with Crippen molar-refractivity contribution < 1.29 is 9.90 Å². The first-order valence-electron chi connectivity index (χ1n) is 8.73. The predicted octanol–water partition coefficient (Wildman–Crippen LogP) is 4.38. The fourth-order valence-corrected chi connectivity index (χ4v) is 3.20. The van der Waals surface area contributed by atoms with Crippen LogP contribution in [0.4, 0.5) is 5.69 Å². The van der Waals surface area contributed by atoms with Gasteiger partial charge >= 0.3 is 0 Å². The first-order chi connectivity index (χ1) is 13.1. The van der Waals surface area contributed by atoms with Gasteiger partial charge in [0.1, 0.15) is 5.75 Å². The zero-order valence-electron chi connectivity index (χ0n) is 14.8. The van der Waals surface area contributed by atoms with Crippen LogP contribution in [-0.4, -0.2) is 21.7 Å². The maximum Gasteiger partial charge on any atom is 0.278 e. The van der Waals surface area contributed by atoms with Crippen LogP contribution in [0.15, 0.2) is 84.0 Å². The van der Waals surface area contributed by atoms with E-state index in [0.29, 0.717) is 16.8 Å². The minimum atomic E-state index is -0.436. The number of nitrogens with zero attached hydrogens (tertiary/aromatic N) is 2. The van der Waals surface area contributed by atoms with Crippen LogP contribution in [-0.2, 0) is 0 Å². The van der Waals surface area contributed by atoms with Crippen molar-refractivity contribution >= 4 is 17.3 Å². The van der Waals surface area contributed by atoms with Gasteiger partial charge in [-0.05, 0) is 36.8 Å². The van der Waals surface area contributed by atoms with Gasteiger partial charge in [-0.15, -0.1) is 0 Å². The van der Waals surface area contributed by atoms with E-state index in [-0.39, 0.29) is 11.7 Å². The van der Waals surface area contributed by atoms with Crippen molar-refractivity contribution in [3.05, 3.63) is 95.6 Å². The molecule has 27 heavy (non-hydrogen) atoms. The fraction of sp³-hybridized carbons (Fsp3) is 0.0909. The normalized spacial score (nSPS) is 16.6. The van der Waals surface area contributed by atoms with E-state index in [9.17, 15) is 9.90 Å². The van der Waals surface area contributed by atoms with Crippen molar-refractivity contribution in [3.8, 4) is 5.75 Å². The maximum atomic E-state index is 13.2. The van der Waals surface area contributed by atoms with Gasteiger partial charge < -0.3 is 10.4 Å². The largest absolute Gasteiger partial charge is 0.507 e. The van der Waals surface area contributed by atoms with Crippen LogP contribution >= 0.6 is 0 Å². The first-order valence-corrected chi connectivity index (χ1v) is 8.73. The van der Waals surface area contributed by atoms with Gasteiger partial charge in [0.25, 0.3) is 5.91 Å². The van der Waals surface area contributed by atoms with E-state index >= 15 is 0 Å². The second-order valence-corrected chi connectivity index (χ2v) is 6.36. The number of benzene rings is 3. The van der Waals surface area contributed by atoms with Crippen molar-refractivity contribution in [1.82, 2.24) is 5.01 Å². The van der Waals surface area contributed by atoms with E-state index < -0.39 is 6.17 Å². The number of carbonyl (C=O) groups is 1. The number of phenolic OH excluding ortho intramolecular Hbond substituents is 1. The van der Waals surface area contributed by atoms with Crippen molar-refractivity contribution in [2.75, 3.05) is 5.32 Å². The number of anilines is 1. The Morgan fingerprint density at radius 3 is 2.41 bits per heavy atom. The molecule has 1 aliphatic heterocycles. The topological polar surface area (TPSA) is 64.9 Å². The standard InChI is InChI=1S/C22H19N3O2/c1-15(17-11-6-8-14-20(17)26)24-25-21(16-9-3-2-4-10-16)23-19-13-7-5-12-18(19)22(25)27/h2-14,21,23,26H,1H3. The molecule has 1 aliphatic rings. The molecular weight excluding hydrogens is 338 g/mol. The number of carbonyl (C=O) groups excluding carboxylic acids is 1. The molecule has 1 atom stereocenters. The molecule has 0 fully saturated rings. The van der Waals surface area contributed by atoms with E-state index in [2.05, 4.69) is 10.4 Å². The van der Waals surface area contributed by atoms with E-state index in [1.54, 1.807) is 31.2 Å². The number of para-hydroxylation sites is 2. The van der Waals surface area contributed by atoms with E-state index in [0.717, 1.165) is 11.3 Å². The number of hydrogen-bond acceptors (Lipinski definition) is 4. The summed E-state index contributed by atoms with van der Waals surface area (Å²) in [5, 5.41) is 19.5. The zero-order valence-corrected chi connectivity index (χ0v) is 14.8. The van der Waals surface area contributed by atoms with Gasteiger partial charge in [0.2, 0.25) is 0 Å². The lowest BCUT2D eigenvalue weighted by molar-refractivity contribution is 0.0689. The zero-order chi connectivity index (χ0) is 18.8. The molecule has 1 heterocycles. The molecule has 3 aromatic carbocycles. The Kier molecular flexibility index (Phi) is 4.34. The van der Waals surface area contributed by atoms with Gasteiger partial charge in [-0.1, -0.05) is 54.6 Å². The monoisotopic (exact) mass is 357 g/mol. The highest BCUT2D eigenvalue weighted by Crippen LogP contribution is 2.33. The minimum Gasteiger partial charge on any atom is -0.507 e. The minimum absolute atomic E-state index is 0.132. The summed E-state index contributed by atoms with van der Waals surface area (Å²) in [6.07, 6.45) is -0.436. The lowest BCUT2D eigenvalue weighted by Crippen LogP contribution is -2.40. The number of hydrogen-bond donors (Lipinski definition) is 2. The third-order valence-electron chi connectivity index (χ3n) is 4.57. The highest BCUT2D eigenvalue weighted by molar-refractivity contribution is 6.05. The molecule has 0 bridgehead atoms. The quantitative estimate of drug-likeness (QED) is 0.684.